The summed E-state index contributed by atoms with van der Waals surface area (Å²) in [6, 6.07) is 0. The molecule has 0 saturated heterocycles. The summed E-state index contributed by atoms with van der Waals surface area (Å²) in [5.74, 6) is 0.159. The van der Waals surface area contributed by atoms with E-state index in [1.807, 2.05) is 19.2 Å². The monoisotopic (exact) mass is 215 g/mol. The molecule has 3 nitrogen and oxygen atoms in total. The van der Waals surface area contributed by atoms with Gasteiger partial charge in [-0.15, -0.1) is 11.3 Å². The Kier molecular flexibility index (Phi) is 4.04. The minimum absolute atomic E-state index is 0.159. The first-order valence-corrected chi connectivity index (χ1v) is 5.56. The molecule has 0 aromatic carbocycles. The normalized spacial score (nSPS) is 15.8. The molecule has 0 fully saturated rings. The van der Waals surface area contributed by atoms with Gasteiger partial charge in [0.2, 0.25) is 0 Å². The third-order valence-electron chi connectivity index (χ3n) is 2.41. The lowest BCUT2D eigenvalue weighted by Crippen LogP contribution is -2.42. The van der Waals surface area contributed by atoms with Crippen molar-refractivity contribution in [1.82, 2.24) is 4.98 Å². The molecule has 0 spiro atoms. The van der Waals surface area contributed by atoms with E-state index in [1.54, 1.807) is 24.6 Å². The van der Waals surface area contributed by atoms with E-state index in [-0.39, 0.29) is 5.92 Å². The second kappa shape index (κ2) is 4.87. The smallest absolute Gasteiger partial charge is 0.0965 e. The van der Waals surface area contributed by atoms with Crippen LogP contribution >= 0.6 is 11.3 Å². The van der Waals surface area contributed by atoms with E-state index < -0.39 is 5.60 Å². The Labute approximate surface area is 88.8 Å². The van der Waals surface area contributed by atoms with E-state index in [0.717, 1.165) is 5.01 Å². The molecule has 1 N–H and O–H groups in total. The van der Waals surface area contributed by atoms with E-state index >= 15 is 0 Å². The summed E-state index contributed by atoms with van der Waals surface area (Å²) in [6.45, 7) is 4.34. The minimum Gasteiger partial charge on any atom is -0.387 e. The number of thiazole rings is 1. The van der Waals surface area contributed by atoms with Crippen molar-refractivity contribution in [1.29, 1.82) is 0 Å². The Hall–Kier alpha value is -0.450. The summed E-state index contributed by atoms with van der Waals surface area (Å²) in [7, 11) is 1.61. The summed E-state index contributed by atoms with van der Waals surface area (Å²) >= 11 is 1.57. The minimum atomic E-state index is -0.799. The molecule has 0 aliphatic heterocycles. The molecule has 0 amide bonds. The van der Waals surface area contributed by atoms with Crippen molar-refractivity contribution in [2.45, 2.75) is 25.9 Å². The van der Waals surface area contributed by atoms with Gasteiger partial charge < -0.3 is 9.84 Å². The number of aromatic nitrogens is 1. The number of aliphatic hydroxyl groups is 1. The number of ether oxygens (including phenoxy) is 1. The molecule has 1 heterocycles. The van der Waals surface area contributed by atoms with Gasteiger partial charge in [0.05, 0.1) is 17.2 Å². The zero-order valence-electron chi connectivity index (χ0n) is 8.86. The Balaban J connectivity index is 2.69. The van der Waals surface area contributed by atoms with Gasteiger partial charge in [-0.3, -0.25) is 0 Å². The highest BCUT2D eigenvalue weighted by molar-refractivity contribution is 7.09. The Morgan fingerprint density at radius 2 is 2.36 bits per heavy atom. The predicted octanol–water partition coefficient (Wildman–Crippen LogP) is 1.72. The summed E-state index contributed by atoms with van der Waals surface area (Å²) in [4.78, 5) is 4.17. The topological polar surface area (TPSA) is 42.4 Å². The van der Waals surface area contributed by atoms with Crippen molar-refractivity contribution >= 4 is 11.3 Å². The predicted molar refractivity (Wildman–Crippen MR) is 57.5 cm³/mol. The van der Waals surface area contributed by atoms with Crippen LogP contribution in [0.2, 0.25) is 0 Å². The molecule has 80 valence electrons. The number of rotatable bonds is 5. The maximum Gasteiger partial charge on any atom is 0.0965 e. The first-order valence-electron chi connectivity index (χ1n) is 4.68. The van der Waals surface area contributed by atoms with Gasteiger partial charge in [-0.25, -0.2) is 4.98 Å². The highest BCUT2D eigenvalue weighted by Gasteiger charge is 2.32. The second-order valence-electron chi connectivity index (χ2n) is 3.79. The van der Waals surface area contributed by atoms with Gasteiger partial charge in [-0.2, -0.15) is 0 Å². The number of methoxy groups -OCH3 is 1. The van der Waals surface area contributed by atoms with E-state index in [2.05, 4.69) is 4.98 Å². The molecule has 0 aliphatic carbocycles. The average molecular weight is 215 g/mol. The van der Waals surface area contributed by atoms with Crippen LogP contribution in [0.5, 0.6) is 0 Å². The average Bonchev–Trinajstić information content (AvgIpc) is 2.56. The quantitative estimate of drug-likeness (QED) is 0.813. The van der Waals surface area contributed by atoms with Crippen LogP contribution in [0, 0.1) is 5.92 Å². The highest BCUT2D eigenvalue weighted by atomic mass is 32.1. The zero-order valence-corrected chi connectivity index (χ0v) is 9.67. The third-order valence-corrected chi connectivity index (χ3v) is 3.19. The molecule has 14 heavy (non-hydrogen) atoms. The molecule has 0 radical (unpaired) electrons. The van der Waals surface area contributed by atoms with Gasteiger partial charge in [-0.1, -0.05) is 13.8 Å². The van der Waals surface area contributed by atoms with Crippen molar-refractivity contribution in [3.63, 3.8) is 0 Å². The summed E-state index contributed by atoms with van der Waals surface area (Å²) in [5, 5.41) is 13.2. The van der Waals surface area contributed by atoms with Crippen LogP contribution in [0.4, 0.5) is 0 Å². The molecule has 4 heteroatoms. The van der Waals surface area contributed by atoms with Gasteiger partial charge >= 0.3 is 0 Å². The fraction of sp³-hybridized carbons (Fsp3) is 0.700. The fourth-order valence-corrected chi connectivity index (χ4v) is 2.01. The molecule has 1 atom stereocenters. The van der Waals surface area contributed by atoms with E-state index in [9.17, 15) is 5.11 Å². The number of hydrogen-bond donors (Lipinski definition) is 1. The van der Waals surface area contributed by atoms with Crippen LogP contribution in [0.1, 0.15) is 18.9 Å². The first-order chi connectivity index (χ1) is 6.58. The summed E-state index contributed by atoms with van der Waals surface area (Å²) < 4.78 is 5.04. The van der Waals surface area contributed by atoms with Crippen molar-refractivity contribution < 1.29 is 9.84 Å². The Morgan fingerprint density at radius 3 is 2.79 bits per heavy atom. The van der Waals surface area contributed by atoms with Gasteiger partial charge in [0.15, 0.2) is 0 Å². The fourth-order valence-electron chi connectivity index (χ4n) is 1.27. The van der Waals surface area contributed by atoms with Crippen LogP contribution in [-0.4, -0.2) is 29.4 Å². The second-order valence-corrected chi connectivity index (χ2v) is 4.77. The van der Waals surface area contributed by atoms with Crippen molar-refractivity contribution in [3.05, 3.63) is 16.6 Å². The standard InChI is InChI=1S/C10H17NO2S/c1-8(2)10(12,7-13-3)6-9-11-4-5-14-9/h4-5,8,12H,6-7H2,1-3H3. The lowest BCUT2D eigenvalue weighted by Gasteiger charge is -2.30. The van der Waals surface area contributed by atoms with Gasteiger partial charge in [0.1, 0.15) is 0 Å². The molecule has 1 aromatic heterocycles. The SMILES string of the molecule is COCC(O)(Cc1nccs1)C(C)C. The molecule has 0 bridgehead atoms. The van der Waals surface area contributed by atoms with Crippen molar-refractivity contribution in [3.8, 4) is 0 Å². The van der Waals surface area contributed by atoms with Crippen LogP contribution in [0.15, 0.2) is 11.6 Å². The van der Waals surface area contributed by atoms with E-state index in [4.69, 9.17) is 4.74 Å². The first kappa shape index (κ1) is 11.6. The largest absolute Gasteiger partial charge is 0.387 e. The van der Waals surface area contributed by atoms with E-state index in [0.29, 0.717) is 13.0 Å². The molecular weight excluding hydrogens is 198 g/mol. The highest BCUT2D eigenvalue weighted by Crippen LogP contribution is 2.23. The summed E-state index contributed by atoms with van der Waals surface area (Å²) in [5.41, 5.74) is -0.799. The zero-order chi connectivity index (χ0) is 10.6. The van der Waals surface area contributed by atoms with Gasteiger partial charge in [0.25, 0.3) is 0 Å². The molecule has 0 aliphatic rings. The molecule has 0 saturated carbocycles. The molecule has 1 unspecified atom stereocenters. The third kappa shape index (κ3) is 2.77. The van der Waals surface area contributed by atoms with Gasteiger partial charge in [0, 0.05) is 25.1 Å². The summed E-state index contributed by atoms with van der Waals surface area (Å²) in [6.07, 6.45) is 2.32. The molecular formula is C10H17NO2S. The van der Waals surface area contributed by atoms with Crippen LogP contribution in [-0.2, 0) is 11.2 Å². The van der Waals surface area contributed by atoms with Crippen LogP contribution in [0.3, 0.4) is 0 Å². The Bertz CT molecular complexity index is 261. The van der Waals surface area contributed by atoms with E-state index in [1.165, 1.54) is 0 Å². The molecule has 1 aromatic rings. The van der Waals surface area contributed by atoms with Crippen molar-refractivity contribution in [2.24, 2.45) is 5.92 Å². The lowest BCUT2D eigenvalue weighted by atomic mass is 9.88. The Morgan fingerprint density at radius 1 is 1.64 bits per heavy atom. The number of hydrogen-bond acceptors (Lipinski definition) is 4. The molecule has 1 rings (SSSR count). The maximum absolute atomic E-state index is 10.3. The lowest BCUT2D eigenvalue weighted by molar-refractivity contribution is -0.0637. The van der Waals surface area contributed by atoms with Crippen LogP contribution in [0.25, 0.3) is 0 Å². The van der Waals surface area contributed by atoms with Gasteiger partial charge in [-0.05, 0) is 5.92 Å². The number of nitrogens with zero attached hydrogens (tertiary/aromatic N) is 1. The maximum atomic E-state index is 10.3. The van der Waals surface area contributed by atoms with Crippen LogP contribution < -0.4 is 0 Å². The van der Waals surface area contributed by atoms with Crippen molar-refractivity contribution in [2.75, 3.05) is 13.7 Å².